The summed E-state index contributed by atoms with van der Waals surface area (Å²) in [5.41, 5.74) is 5.87. The molecule has 0 N–H and O–H groups in total. The van der Waals surface area contributed by atoms with Gasteiger partial charge in [0.25, 0.3) is 0 Å². The molecule has 2 aromatic rings. The first-order chi connectivity index (χ1) is 14.2. The van der Waals surface area contributed by atoms with Crippen LogP contribution in [0.15, 0.2) is 46.2 Å². The fraction of sp³-hybridized carbons (Fsp3) is 0.520. The number of nitrogens with zero attached hydrogens (tertiary/aromatic N) is 2. The second-order valence-corrected chi connectivity index (χ2v) is 9.90. The Morgan fingerprint density at radius 2 is 1.07 bits per heavy atom. The van der Waals surface area contributed by atoms with Gasteiger partial charge < -0.3 is 9.80 Å². The first-order valence-corrected chi connectivity index (χ1v) is 13.1. The summed E-state index contributed by atoms with van der Waals surface area (Å²) in [5.74, 6) is 2.33. The van der Waals surface area contributed by atoms with Crippen LogP contribution in [0.3, 0.4) is 0 Å². The molecule has 158 valence electrons. The predicted octanol–water partition coefficient (Wildman–Crippen LogP) is 6.13. The molecule has 0 aliphatic heterocycles. The summed E-state index contributed by atoms with van der Waals surface area (Å²) in [7, 11) is 0. The van der Waals surface area contributed by atoms with Gasteiger partial charge in [-0.05, 0) is 79.1 Å². The van der Waals surface area contributed by atoms with Gasteiger partial charge in [0.15, 0.2) is 0 Å². The zero-order valence-electron chi connectivity index (χ0n) is 18.5. The van der Waals surface area contributed by atoms with Crippen molar-refractivity contribution >= 4 is 23.5 Å². The summed E-state index contributed by atoms with van der Waals surface area (Å²) in [6.45, 7) is 15.9. The van der Waals surface area contributed by atoms with Crippen LogP contribution in [-0.4, -0.2) is 60.6 Å². The smallest absolute Gasteiger partial charge is 0.0108 e. The van der Waals surface area contributed by atoms with E-state index in [2.05, 4.69) is 73.9 Å². The van der Waals surface area contributed by atoms with Crippen molar-refractivity contribution < 1.29 is 0 Å². The molecule has 4 heteroatoms. The van der Waals surface area contributed by atoms with Gasteiger partial charge in [0.2, 0.25) is 0 Å². The molecule has 0 radical (unpaired) electrons. The van der Waals surface area contributed by atoms with Crippen molar-refractivity contribution in [3.8, 4) is 11.1 Å². The molecule has 1 aliphatic carbocycles. The summed E-state index contributed by atoms with van der Waals surface area (Å²) in [4.78, 5) is 7.82. The third-order valence-electron chi connectivity index (χ3n) is 5.97. The van der Waals surface area contributed by atoms with E-state index in [9.17, 15) is 0 Å². The number of rotatable bonds is 12. The largest absolute Gasteiger partial charge is 0.303 e. The van der Waals surface area contributed by atoms with E-state index in [1.807, 2.05) is 23.5 Å². The van der Waals surface area contributed by atoms with Crippen LogP contribution in [0.5, 0.6) is 0 Å². The van der Waals surface area contributed by atoms with E-state index < -0.39 is 0 Å². The maximum atomic E-state index is 2.50. The molecule has 0 bridgehead atoms. The van der Waals surface area contributed by atoms with Gasteiger partial charge in [0, 0.05) is 34.4 Å². The number of benzene rings is 2. The molecule has 3 rings (SSSR count). The summed E-state index contributed by atoms with van der Waals surface area (Å²) in [6, 6.07) is 14.2. The lowest BCUT2D eigenvalue weighted by atomic mass is 10.1. The van der Waals surface area contributed by atoms with Crippen LogP contribution in [-0.2, 0) is 6.42 Å². The van der Waals surface area contributed by atoms with Crippen molar-refractivity contribution in [3.63, 3.8) is 0 Å². The molecule has 2 aromatic carbocycles. The van der Waals surface area contributed by atoms with Crippen LogP contribution in [0, 0.1) is 0 Å². The summed E-state index contributed by atoms with van der Waals surface area (Å²) in [6.07, 6.45) is 1.08. The van der Waals surface area contributed by atoms with Gasteiger partial charge >= 0.3 is 0 Å². The third-order valence-corrected chi connectivity index (χ3v) is 7.91. The van der Waals surface area contributed by atoms with Gasteiger partial charge in [-0.3, -0.25) is 0 Å². The van der Waals surface area contributed by atoms with E-state index >= 15 is 0 Å². The standard InChI is InChI=1S/C25H36N2S2/c1-5-26(6-2)13-15-28-22-9-11-24-20(18-22)17-21-19-23(10-12-25(21)24)29-16-14-27(7-3)8-4/h9-12,18-19H,5-8,13-17H2,1-4H3. The van der Waals surface area contributed by atoms with Gasteiger partial charge in [-0.2, -0.15) is 0 Å². The normalized spacial score (nSPS) is 12.6. The molecular formula is C25H36N2S2. The van der Waals surface area contributed by atoms with Gasteiger partial charge in [-0.25, -0.2) is 0 Å². The topological polar surface area (TPSA) is 6.48 Å². The molecule has 0 spiro atoms. The SMILES string of the molecule is CCN(CC)CCSc1ccc2c(c1)Cc1cc(SCCN(CC)CC)ccc1-2. The van der Waals surface area contributed by atoms with Crippen LogP contribution in [0.2, 0.25) is 0 Å². The van der Waals surface area contributed by atoms with Crippen molar-refractivity contribution in [1.82, 2.24) is 9.80 Å². The highest BCUT2D eigenvalue weighted by Crippen LogP contribution is 2.40. The first-order valence-electron chi connectivity index (χ1n) is 11.1. The quantitative estimate of drug-likeness (QED) is 0.320. The Kier molecular flexibility index (Phi) is 8.98. The Balaban J connectivity index is 1.58. The number of fused-ring (bicyclic) bond motifs is 3. The Labute approximate surface area is 186 Å². The molecule has 2 nitrogen and oxygen atoms in total. The van der Waals surface area contributed by atoms with Gasteiger partial charge in [-0.15, -0.1) is 23.5 Å². The van der Waals surface area contributed by atoms with Crippen LogP contribution >= 0.6 is 23.5 Å². The Morgan fingerprint density at radius 3 is 1.45 bits per heavy atom. The molecule has 29 heavy (non-hydrogen) atoms. The Hall–Kier alpha value is -0.940. The summed E-state index contributed by atoms with van der Waals surface area (Å²) < 4.78 is 0. The number of thioether (sulfide) groups is 2. The van der Waals surface area contributed by atoms with Gasteiger partial charge in [0.1, 0.15) is 0 Å². The minimum Gasteiger partial charge on any atom is -0.303 e. The van der Waals surface area contributed by atoms with E-state index in [1.54, 1.807) is 0 Å². The molecule has 0 saturated carbocycles. The van der Waals surface area contributed by atoms with Gasteiger partial charge in [-0.1, -0.05) is 39.8 Å². The van der Waals surface area contributed by atoms with E-state index in [0.717, 1.165) is 32.6 Å². The Morgan fingerprint density at radius 1 is 0.655 bits per heavy atom. The monoisotopic (exact) mass is 428 g/mol. The maximum absolute atomic E-state index is 2.50. The summed E-state index contributed by atoms with van der Waals surface area (Å²) in [5, 5.41) is 0. The van der Waals surface area contributed by atoms with Crippen molar-refractivity contribution in [2.24, 2.45) is 0 Å². The summed E-state index contributed by atoms with van der Waals surface area (Å²) >= 11 is 3.99. The Bertz CT molecular complexity index is 717. The van der Waals surface area contributed by atoms with Crippen molar-refractivity contribution in [2.45, 2.75) is 43.9 Å². The minimum atomic E-state index is 1.08. The molecule has 0 saturated heterocycles. The fourth-order valence-electron chi connectivity index (χ4n) is 4.01. The fourth-order valence-corrected chi connectivity index (χ4v) is 5.96. The van der Waals surface area contributed by atoms with E-state index in [-0.39, 0.29) is 0 Å². The molecule has 0 heterocycles. The number of hydrogen-bond donors (Lipinski definition) is 0. The third kappa shape index (κ3) is 6.04. The zero-order valence-corrected chi connectivity index (χ0v) is 20.2. The molecule has 0 aromatic heterocycles. The van der Waals surface area contributed by atoms with Crippen LogP contribution in [0.4, 0.5) is 0 Å². The van der Waals surface area contributed by atoms with E-state index in [1.165, 1.54) is 56.6 Å². The highest BCUT2D eigenvalue weighted by molar-refractivity contribution is 7.99. The highest BCUT2D eigenvalue weighted by atomic mass is 32.2. The van der Waals surface area contributed by atoms with E-state index in [4.69, 9.17) is 0 Å². The maximum Gasteiger partial charge on any atom is 0.0108 e. The predicted molar refractivity (Wildman–Crippen MR) is 132 cm³/mol. The van der Waals surface area contributed by atoms with Crippen LogP contribution < -0.4 is 0 Å². The average molecular weight is 429 g/mol. The van der Waals surface area contributed by atoms with Gasteiger partial charge in [0.05, 0.1) is 0 Å². The van der Waals surface area contributed by atoms with Crippen LogP contribution in [0.25, 0.3) is 11.1 Å². The van der Waals surface area contributed by atoms with Crippen molar-refractivity contribution in [1.29, 1.82) is 0 Å². The lowest BCUT2D eigenvalue weighted by Crippen LogP contribution is -2.25. The van der Waals surface area contributed by atoms with Crippen molar-refractivity contribution in [2.75, 3.05) is 50.8 Å². The average Bonchev–Trinajstić information content (AvgIpc) is 3.11. The molecule has 0 unspecified atom stereocenters. The molecule has 1 aliphatic rings. The van der Waals surface area contributed by atoms with Crippen LogP contribution in [0.1, 0.15) is 38.8 Å². The second-order valence-electron chi connectivity index (χ2n) is 7.57. The van der Waals surface area contributed by atoms with Crippen molar-refractivity contribution in [3.05, 3.63) is 47.5 Å². The lowest BCUT2D eigenvalue weighted by Gasteiger charge is -2.17. The second kappa shape index (κ2) is 11.5. The first kappa shape index (κ1) is 22.7. The molecular weight excluding hydrogens is 392 g/mol. The highest BCUT2D eigenvalue weighted by Gasteiger charge is 2.19. The zero-order chi connectivity index (χ0) is 20.6. The number of hydrogen-bond acceptors (Lipinski definition) is 4. The molecule has 0 atom stereocenters. The minimum absolute atomic E-state index is 1.08. The molecule has 0 amide bonds. The lowest BCUT2D eigenvalue weighted by molar-refractivity contribution is 0.324. The molecule has 0 fully saturated rings. The van der Waals surface area contributed by atoms with E-state index in [0.29, 0.717) is 0 Å².